The molecule has 3 N–H and O–H groups in total. The summed E-state index contributed by atoms with van der Waals surface area (Å²) in [6, 6.07) is 22.2. The minimum atomic E-state index is -4.47. The number of hydrogen-bond donors (Lipinski definition) is 3. The van der Waals surface area contributed by atoms with Gasteiger partial charge in [0.1, 0.15) is 16.5 Å². The number of phenolic OH excluding ortho intramolecular Hbond substituents is 1. The molecule has 0 atom stereocenters. The van der Waals surface area contributed by atoms with E-state index in [0.717, 1.165) is 21.5 Å². The van der Waals surface area contributed by atoms with Gasteiger partial charge in [0.15, 0.2) is 0 Å². The van der Waals surface area contributed by atoms with Gasteiger partial charge in [0.25, 0.3) is 5.91 Å². The Balaban J connectivity index is 1.54. The highest BCUT2D eigenvalue weighted by atomic mass is 35.5. The molecule has 0 radical (unpaired) electrons. The number of rotatable bonds is 9. The van der Waals surface area contributed by atoms with E-state index >= 15 is 0 Å². The zero-order chi connectivity index (χ0) is 29.9. The summed E-state index contributed by atoms with van der Waals surface area (Å²) in [7, 11) is -4.47. The van der Waals surface area contributed by atoms with Crippen molar-refractivity contribution in [2.75, 3.05) is 5.32 Å². The van der Waals surface area contributed by atoms with Crippen molar-refractivity contribution in [3.05, 3.63) is 130 Å². The molecule has 4 aromatic carbocycles. The van der Waals surface area contributed by atoms with Crippen LogP contribution < -0.4 is 5.32 Å². The number of amides is 1. The maximum atomic E-state index is 14.1. The lowest BCUT2D eigenvalue weighted by molar-refractivity contribution is 0.102. The molecule has 1 amide bonds. The zero-order valence-corrected chi connectivity index (χ0v) is 24.1. The molecule has 0 saturated heterocycles. The zero-order valence-electron chi connectivity index (χ0n) is 21.8. The van der Waals surface area contributed by atoms with E-state index in [2.05, 4.69) is 15.5 Å². The molecule has 5 rings (SSSR count). The van der Waals surface area contributed by atoms with Crippen LogP contribution in [0.25, 0.3) is 11.1 Å². The number of aromatic hydroxyl groups is 1. The Hall–Kier alpha value is -4.22. The van der Waals surface area contributed by atoms with Crippen LogP contribution in [0.15, 0.2) is 102 Å². The largest absolute Gasteiger partial charge is 0.506 e. The normalized spacial score (nSPS) is 11.5. The van der Waals surface area contributed by atoms with Gasteiger partial charge in [-0.3, -0.25) is 9.89 Å². The van der Waals surface area contributed by atoms with Crippen LogP contribution in [-0.2, 0) is 23.1 Å². The molecule has 12 heteroatoms. The van der Waals surface area contributed by atoms with E-state index in [1.165, 1.54) is 42.7 Å². The average Bonchev–Trinajstić information content (AvgIpc) is 3.48. The van der Waals surface area contributed by atoms with Gasteiger partial charge >= 0.3 is 0 Å². The molecule has 0 aliphatic heterocycles. The lowest BCUT2D eigenvalue weighted by Crippen LogP contribution is -2.30. The van der Waals surface area contributed by atoms with Crippen molar-refractivity contribution in [1.29, 1.82) is 0 Å². The third kappa shape index (κ3) is 6.63. The van der Waals surface area contributed by atoms with Crippen LogP contribution in [0.4, 0.5) is 10.1 Å². The number of nitrogens with one attached hydrogen (secondary N) is 2. The molecule has 0 bridgehead atoms. The van der Waals surface area contributed by atoms with Crippen molar-refractivity contribution in [2.24, 2.45) is 0 Å². The van der Waals surface area contributed by atoms with Crippen molar-refractivity contribution in [2.45, 2.75) is 18.0 Å². The molecule has 0 fully saturated rings. The van der Waals surface area contributed by atoms with Gasteiger partial charge in [0.05, 0.1) is 17.4 Å². The van der Waals surface area contributed by atoms with E-state index in [1.54, 1.807) is 24.3 Å². The van der Waals surface area contributed by atoms with Crippen molar-refractivity contribution in [3.63, 3.8) is 0 Å². The molecule has 0 aliphatic rings. The maximum Gasteiger partial charge on any atom is 0.259 e. The van der Waals surface area contributed by atoms with Crippen LogP contribution >= 0.6 is 23.2 Å². The molecule has 0 unspecified atom stereocenters. The highest BCUT2D eigenvalue weighted by Crippen LogP contribution is 2.35. The van der Waals surface area contributed by atoms with E-state index in [9.17, 15) is 22.7 Å². The second-order valence-corrected chi connectivity index (χ2v) is 12.1. The number of carbonyl (C=O) groups excluding carboxylic acids is 1. The lowest BCUT2D eigenvalue weighted by atomic mass is 10.0. The van der Waals surface area contributed by atoms with Crippen LogP contribution in [-0.4, -0.2) is 33.9 Å². The van der Waals surface area contributed by atoms with E-state index in [4.69, 9.17) is 23.2 Å². The second kappa shape index (κ2) is 12.3. The average molecular weight is 626 g/mol. The summed E-state index contributed by atoms with van der Waals surface area (Å²) in [5.74, 6) is -2.02. The highest BCUT2D eigenvalue weighted by molar-refractivity contribution is 7.89. The summed E-state index contributed by atoms with van der Waals surface area (Å²) in [6.45, 7) is -0.264. The number of hydrogen-bond acceptors (Lipinski definition) is 5. The smallest absolute Gasteiger partial charge is 0.259 e. The number of anilines is 1. The summed E-state index contributed by atoms with van der Waals surface area (Å²) in [6.07, 6.45) is 2.76. The molecule has 0 aliphatic carbocycles. The number of H-pyrrole nitrogens is 1. The minimum absolute atomic E-state index is 0.0739. The fourth-order valence-corrected chi connectivity index (χ4v) is 6.27. The summed E-state index contributed by atoms with van der Waals surface area (Å²) >= 11 is 12.3. The molecule has 5 aromatic rings. The SMILES string of the molecule is O=C(Nc1cn[nH]c1)c1cc(Cl)cc(S(=O)(=O)N(Cc2ccc(F)cc2)Cc2cccc(-c3ccc(Cl)cc3)c2)c1O. The third-order valence-electron chi connectivity index (χ3n) is 6.39. The molecule has 1 heterocycles. The summed E-state index contributed by atoms with van der Waals surface area (Å²) < 4.78 is 43.0. The summed E-state index contributed by atoms with van der Waals surface area (Å²) in [4.78, 5) is 12.4. The molecule has 0 spiro atoms. The van der Waals surface area contributed by atoms with E-state index < -0.39 is 32.4 Å². The van der Waals surface area contributed by atoms with Gasteiger partial charge in [-0.1, -0.05) is 65.7 Å². The van der Waals surface area contributed by atoms with Crippen LogP contribution in [0, 0.1) is 5.82 Å². The topological polar surface area (TPSA) is 115 Å². The molecule has 214 valence electrons. The van der Waals surface area contributed by atoms with Crippen molar-refractivity contribution in [3.8, 4) is 16.9 Å². The number of nitrogens with zero attached hydrogens (tertiary/aromatic N) is 2. The van der Waals surface area contributed by atoms with Crippen LogP contribution in [0.3, 0.4) is 0 Å². The van der Waals surface area contributed by atoms with E-state index in [0.29, 0.717) is 21.8 Å². The monoisotopic (exact) mass is 624 g/mol. The number of benzene rings is 4. The summed E-state index contributed by atoms with van der Waals surface area (Å²) in [5.41, 5.74) is 2.85. The first kappa shape index (κ1) is 29.3. The second-order valence-electron chi connectivity index (χ2n) is 9.35. The Labute approximate surface area is 251 Å². The van der Waals surface area contributed by atoms with Gasteiger partial charge < -0.3 is 10.4 Å². The molecule has 42 heavy (non-hydrogen) atoms. The first-order valence-electron chi connectivity index (χ1n) is 12.5. The van der Waals surface area contributed by atoms with Gasteiger partial charge in [-0.2, -0.15) is 9.40 Å². The van der Waals surface area contributed by atoms with Crippen molar-refractivity contribution < 1.29 is 22.7 Å². The predicted molar refractivity (Wildman–Crippen MR) is 159 cm³/mol. The van der Waals surface area contributed by atoms with Gasteiger partial charge in [-0.25, -0.2) is 12.8 Å². The maximum absolute atomic E-state index is 14.1. The first-order valence-corrected chi connectivity index (χ1v) is 14.7. The van der Waals surface area contributed by atoms with Crippen molar-refractivity contribution in [1.82, 2.24) is 14.5 Å². The van der Waals surface area contributed by atoms with Crippen molar-refractivity contribution >= 4 is 44.8 Å². The Morgan fingerprint density at radius 1 is 0.905 bits per heavy atom. The quantitative estimate of drug-likeness (QED) is 0.165. The number of sulfonamides is 1. The Kier molecular flexibility index (Phi) is 8.60. The van der Waals surface area contributed by atoms with E-state index in [-0.39, 0.29) is 23.7 Å². The number of aromatic nitrogens is 2. The molecule has 0 saturated carbocycles. The van der Waals surface area contributed by atoms with Gasteiger partial charge in [0.2, 0.25) is 10.0 Å². The number of halogens is 3. The Bertz CT molecular complexity index is 1830. The van der Waals surface area contributed by atoms with Gasteiger partial charge in [-0.15, -0.1) is 0 Å². The number of aromatic amines is 1. The molecular weight excluding hydrogens is 602 g/mol. The Morgan fingerprint density at radius 2 is 1.62 bits per heavy atom. The number of carbonyl (C=O) groups is 1. The Morgan fingerprint density at radius 3 is 2.31 bits per heavy atom. The van der Waals surface area contributed by atoms with Crippen LogP contribution in [0.2, 0.25) is 10.0 Å². The van der Waals surface area contributed by atoms with Crippen LogP contribution in [0.5, 0.6) is 5.75 Å². The molecule has 8 nitrogen and oxygen atoms in total. The van der Waals surface area contributed by atoms with Gasteiger partial charge in [-0.05, 0) is 64.7 Å². The fourth-order valence-electron chi connectivity index (χ4n) is 4.32. The predicted octanol–water partition coefficient (Wildman–Crippen LogP) is 6.87. The lowest BCUT2D eigenvalue weighted by Gasteiger charge is -2.24. The standard InChI is InChI=1S/C30H23Cl2FN4O4S/c31-23-8-6-21(7-9-23)22-3-1-2-20(12-22)18-37(17-19-4-10-25(33)11-5-19)42(40,41)28-14-24(32)13-27(29(28)38)30(39)36-26-15-34-35-16-26/h1-16,38H,17-18H2,(H,34,35)(H,36,39). The molecular formula is C30H23Cl2FN4O4S. The highest BCUT2D eigenvalue weighted by Gasteiger charge is 2.31. The summed E-state index contributed by atoms with van der Waals surface area (Å²) in [5, 5.41) is 20.4. The fraction of sp³-hybridized carbons (Fsp3) is 0.0667. The van der Waals surface area contributed by atoms with Crippen LogP contribution in [0.1, 0.15) is 21.5 Å². The molecule has 1 aromatic heterocycles. The first-order chi connectivity index (χ1) is 20.1. The minimum Gasteiger partial charge on any atom is -0.506 e. The third-order valence-corrected chi connectivity index (χ3v) is 8.67. The van der Waals surface area contributed by atoms with Gasteiger partial charge in [0, 0.05) is 29.3 Å². The number of phenols is 1. The van der Waals surface area contributed by atoms with E-state index in [1.807, 2.05) is 24.3 Å².